The maximum absolute atomic E-state index is 10.7. The van der Waals surface area contributed by atoms with Gasteiger partial charge in [-0.3, -0.25) is 0 Å². The smallest absolute Gasteiger partial charge is 0.335 e. The first-order valence-electron chi connectivity index (χ1n) is 6.34. The highest BCUT2D eigenvalue weighted by Gasteiger charge is 2.43. The summed E-state index contributed by atoms with van der Waals surface area (Å²) in [6.45, 7) is -0.513. The molecular formula is C13H17NO7. The lowest BCUT2D eigenvalue weighted by Crippen LogP contribution is -2.60. The summed E-state index contributed by atoms with van der Waals surface area (Å²) in [6, 6.07) is 5.69. The van der Waals surface area contributed by atoms with Gasteiger partial charge >= 0.3 is 5.97 Å². The van der Waals surface area contributed by atoms with Crippen molar-refractivity contribution in [2.75, 3.05) is 11.9 Å². The van der Waals surface area contributed by atoms with Gasteiger partial charge in [0.1, 0.15) is 24.4 Å². The molecule has 0 unspecified atom stereocenters. The van der Waals surface area contributed by atoms with Crippen LogP contribution in [0.4, 0.5) is 5.69 Å². The summed E-state index contributed by atoms with van der Waals surface area (Å²) >= 11 is 0. The number of aliphatic hydroxyl groups is 4. The van der Waals surface area contributed by atoms with E-state index in [9.17, 15) is 20.1 Å². The molecule has 0 radical (unpaired) electrons. The number of ether oxygens (including phenoxy) is 1. The van der Waals surface area contributed by atoms with E-state index in [2.05, 4.69) is 5.32 Å². The third-order valence-corrected chi connectivity index (χ3v) is 3.33. The first-order chi connectivity index (χ1) is 9.93. The fraction of sp³-hybridized carbons (Fsp3) is 0.462. The van der Waals surface area contributed by atoms with Crippen LogP contribution in [-0.4, -0.2) is 68.8 Å². The van der Waals surface area contributed by atoms with Crippen LogP contribution in [0.25, 0.3) is 0 Å². The van der Waals surface area contributed by atoms with Crippen LogP contribution in [0.15, 0.2) is 24.3 Å². The van der Waals surface area contributed by atoms with Crippen molar-refractivity contribution in [1.29, 1.82) is 0 Å². The van der Waals surface area contributed by atoms with Gasteiger partial charge in [0.25, 0.3) is 0 Å². The number of anilines is 1. The minimum absolute atomic E-state index is 0.106. The van der Waals surface area contributed by atoms with Crippen molar-refractivity contribution in [1.82, 2.24) is 0 Å². The molecule has 0 aliphatic carbocycles. The van der Waals surface area contributed by atoms with Gasteiger partial charge in [-0.25, -0.2) is 4.79 Å². The van der Waals surface area contributed by atoms with E-state index in [0.717, 1.165) is 0 Å². The third kappa shape index (κ3) is 3.31. The number of hydrogen-bond donors (Lipinski definition) is 6. The Bertz CT molecular complexity index is 490. The molecule has 1 heterocycles. The molecule has 0 amide bonds. The van der Waals surface area contributed by atoms with Crippen LogP contribution in [-0.2, 0) is 4.74 Å². The second-order valence-corrected chi connectivity index (χ2v) is 4.78. The molecule has 1 aliphatic rings. The number of benzene rings is 1. The van der Waals surface area contributed by atoms with Gasteiger partial charge in [0.2, 0.25) is 0 Å². The van der Waals surface area contributed by atoms with Gasteiger partial charge in [0, 0.05) is 5.69 Å². The third-order valence-electron chi connectivity index (χ3n) is 3.33. The molecule has 116 valence electrons. The van der Waals surface area contributed by atoms with E-state index >= 15 is 0 Å². The molecule has 2 rings (SSSR count). The quantitative estimate of drug-likeness (QED) is 0.399. The summed E-state index contributed by atoms with van der Waals surface area (Å²) in [5, 5.41) is 49.8. The molecular weight excluding hydrogens is 282 g/mol. The fourth-order valence-corrected chi connectivity index (χ4v) is 2.09. The second-order valence-electron chi connectivity index (χ2n) is 4.78. The van der Waals surface area contributed by atoms with E-state index in [4.69, 9.17) is 14.9 Å². The van der Waals surface area contributed by atoms with Crippen LogP contribution in [0.3, 0.4) is 0 Å². The van der Waals surface area contributed by atoms with Crippen LogP contribution in [0, 0.1) is 0 Å². The topological polar surface area (TPSA) is 139 Å². The van der Waals surface area contributed by atoms with Gasteiger partial charge in [-0.2, -0.15) is 0 Å². The van der Waals surface area contributed by atoms with Crippen molar-refractivity contribution in [2.24, 2.45) is 0 Å². The maximum Gasteiger partial charge on any atom is 0.335 e. The summed E-state index contributed by atoms with van der Waals surface area (Å²) in [5.41, 5.74) is 0.568. The largest absolute Gasteiger partial charge is 0.478 e. The van der Waals surface area contributed by atoms with E-state index in [1.54, 1.807) is 0 Å². The summed E-state index contributed by atoms with van der Waals surface area (Å²) in [7, 11) is 0. The zero-order valence-corrected chi connectivity index (χ0v) is 11.0. The summed E-state index contributed by atoms with van der Waals surface area (Å²) < 4.78 is 5.27. The Morgan fingerprint density at radius 2 is 1.71 bits per heavy atom. The maximum atomic E-state index is 10.7. The SMILES string of the molecule is O=C(O)c1ccc(N[C@@H]2O[C@H](CO)[C@@H](O)[C@H](O)[C@@H]2O)cc1. The molecule has 1 aromatic rings. The van der Waals surface area contributed by atoms with E-state index in [-0.39, 0.29) is 5.56 Å². The van der Waals surface area contributed by atoms with Crippen LogP contribution >= 0.6 is 0 Å². The molecule has 0 saturated carbocycles. The Hall–Kier alpha value is -1.71. The summed E-state index contributed by atoms with van der Waals surface area (Å²) in [4.78, 5) is 10.7. The predicted octanol–water partition coefficient (Wildman–Crippen LogP) is -1.40. The molecule has 8 nitrogen and oxygen atoms in total. The average molecular weight is 299 g/mol. The minimum Gasteiger partial charge on any atom is -0.478 e. The molecule has 0 spiro atoms. The number of rotatable bonds is 4. The molecule has 6 N–H and O–H groups in total. The monoisotopic (exact) mass is 299 g/mol. The van der Waals surface area contributed by atoms with Crippen LogP contribution in [0.5, 0.6) is 0 Å². The lowest BCUT2D eigenvalue weighted by molar-refractivity contribution is -0.221. The lowest BCUT2D eigenvalue weighted by Gasteiger charge is -2.40. The average Bonchev–Trinajstić information content (AvgIpc) is 2.48. The van der Waals surface area contributed by atoms with E-state index in [0.29, 0.717) is 5.69 Å². The molecule has 8 heteroatoms. The number of carboxylic acid groups (broad SMARTS) is 1. The van der Waals surface area contributed by atoms with Gasteiger partial charge in [0.15, 0.2) is 6.23 Å². The van der Waals surface area contributed by atoms with Gasteiger partial charge in [-0.1, -0.05) is 0 Å². The Labute approximate surface area is 120 Å². The molecule has 1 aromatic carbocycles. The molecule has 21 heavy (non-hydrogen) atoms. The summed E-state index contributed by atoms with van der Waals surface area (Å²) in [6.07, 6.45) is -6.33. The van der Waals surface area contributed by atoms with Gasteiger partial charge in [-0.05, 0) is 24.3 Å². The van der Waals surface area contributed by atoms with Crippen LogP contribution in [0.2, 0.25) is 0 Å². The Balaban J connectivity index is 2.08. The highest BCUT2D eigenvalue weighted by Crippen LogP contribution is 2.23. The van der Waals surface area contributed by atoms with E-state index in [1.165, 1.54) is 24.3 Å². The summed E-state index contributed by atoms with van der Waals surface area (Å²) in [5.74, 6) is -1.06. The van der Waals surface area contributed by atoms with Crippen LogP contribution in [0.1, 0.15) is 10.4 Å². The standard InChI is InChI=1S/C13H17NO7/c15-5-8-9(16)10(17)11(18)12(21-8)14-7-3-1-6(2-4-7)13(19)20/h1-4,8-12,14-18H,5H2,(H,19,20)/t8-,9-,10+,11+,12-/m1/s1. The highest BCUT2D eigenvalue weighted by atomic mass is 16.6. The minimum atomic E-state index is -1.47. The van der Waals surface area contributed by atoms with Crippen LogP contribution < -0.4 is 5.32 Å². The van der Waals surface area contributed by atoms with Gasteiger partial charge in [0.05, 0.1) is 12.2 Å². The highest BCUT2D eigenvalue weighted by molar-refractivity contribution is 5.87. The van der Waals surface area contributed by atoms with Crippen molar-refractivity contribution in [3.63, 3.8) is 0 Å². The Kier molecular flexibility index (Phi) is 4.76. The molecule has 0 aromatic heterocycles. The number of nitrogens with one attached hydrogen (secondary N) is 1. The molecule has 0 bridgehead atoms. The number of carboxylic acids is 1. The first kappa shape index (κ1) is 15.7. The molecule has 1 fully saturated rings. The predicted molar refractivity (Wildman–Crippen MR) is 70.8 cm³/mol. The van der Waals surface area contributed by atoms with Crippen molar-refractivity contribution in [3.05, 3.63) is 29.8 Å². The fourth-order valence-electron chi connectivity index (χ4n) is 2.09. The van der Waals surface area contributed by atoms with E-state index < -0.39 is 43.2 Å². The zero-order chi connectivity index (χ0) is 15.6. The first-order valence-corrected chi connectivity index (χ1v) is 6.34. The van der Waals surface area contributed by atoms with Crippen molar-refractivity contribution >= 4 is 11.7 Å². The van der Waals surface area contributed by atoms with Crippen molar-refractivity contribution in [3.8, 4) is 0 Å². The van der Waals surface area contributed by atoms with E-state index in [1.807, 2.05) is 0 Å². The van der Waals surface area contributed by atoms with Crippen molar-refractivity contribution < 1.29 is 35.1 Å². The van der Waals surface area contributed by atoms with Crippen molar-refractivity contribution in [2.45, 2.75) is 30.6 Å². The number of hydrogen-bond acceptors (Lipinski definition) is 7. The van der Waals surface area contributed by atoms with Gasteiger partial charge < -0.3 is 35.6 Å². The lowest BCUT2D eigenvalue weighted by atomic mass is 9.98. The molecule has 1 saturated heterocycles. The number of aromatic carboxylic acids is 1. The normalized spacial score (nSPS) is 32.7. The molecule has 1 aliphatic heterocycles. The number of aliphatic hydroxyl groups excluding tert-OH is 4. The molecule has 5 atom stereocenters. The Morgan fingerprint density at radius 1 is 1.10 bits per heavy atom. The van der Waals surface area contributed by atoms with Gasteiger partial charge in [-0.15, -0.1) is 0 Å². The Morgan fingerprint density at radius 3 is 2.24 bits per heavy atom. The second kappa shape index (κ2) is 6.37. The zero-order valence-electron chi connectivity index (χ0n) is 11.0. The number of carbonyl (C=O) groups is 1.